The van der Waals surface area contributed by atoms with E-state index in [9.17, 15) is 18.0 Å². The average molecular weight is 498 g/mol. The number of likely N-dealkylation sites (N-methyl/N-ethyl adjacent to an activating group) is 1. The first-order valence-electron chi connectivity index (χ1n) is 9.77. The number of benzene rings is 2. The summed E-state index contributed by atoms with van der Waals surface area (Å²) >= 11 is 2.50. The van der Waals surface area contributed by atoms with Crippen LogP contribution in [-0.4, -0.2) is 53.8 Å². The molecule has 1 amide bonds. The van der Waals surface area contributed by atoms with Crippen molar-refractivity contribution in [3.63, 3.8) is 0 Å². The summed E-state index contributed by atoms with van der Waals surface area (Å²) in [7, 11) is 3.93. The van der Waals surface area contributed by atoms with Crippen LogP contribution in [0.4, 0.5) is 24.0 Å². The number of anilines is 2. The van der Waals surface area contributed by atoms with Gasteiger partial charge in [-0.2, -0.15) is 0 Å². The molecule has 0 saturated carbocycles. The van der Waals surface area contributed by atoms with Crippen molar-refractivity contribution < 1.29 is 22.7 Å². The van der Waals surface area contributed by atoms with Crippen molar-refractivity contribution in [1.29, 1.82) is 0 Å². The number of alkyl halides is 3. The Bertz CT molecular complexity index is 1030. The Hall–Kier alpha value is -2.83. The van der Waals surface area contributed by atoms with Gasteiger partial charge in [-0.15, -0.1) is 23.4 Å². The summed E-state index contributed by atoms with van der Waals surface area (Å²) in [6, 6.07) is 15.3. The molecule has 0 spiro atoms. The minimum absolute atomic E-state index is 0.0606. The van der Waals surface area contributed by atoms with E-state index < -0.39 is 6.36 Å². The molecule has 176 valence electrons. The van der Waals surface area contributed by atoms with Crippen molar-refractivity contribution in [2.75, 3.05) is 31.7 Å². The number of ether oxygens (including phenoxy) is 1. The van der Waals surface area contributed by atoms with E-state index in [1.165, 1.54) is 47.4 Å². The Morgan fingerprint density at radius 2 is 1.82 bits per heavy atom. The standard InChI is InChI=1S/C21H22F3N5O2S2/c1-29(2)17(14-6-4-3-5-7-14)12-25-18(30)13-32-20-28-27-19(33-20)26-15-8-10-16(11-9-15)31-21(22,23)24/h3-11,17H,12-13H2,1-2H3,(H,25,30)(H,26,27). The number of amides is 1. The number of hydrogen-bond acceptors (Lipinski definition) is 8. The predicted molar refractivity (Wildman–Crippen MR) is 123 cm³/mol. The lowest BCUT2D eigenvalue weighted by atomic mass is 10.1. The van der Waals surface area contributed by atoms with E-state index >= 15 is 0 Å². The number of thioether (sulfide) groups is 1. The quantitative estimate of drug-likeness (QED) is 0.394. The third-order valence-electron chi connectivity index (χ3n) is 4.37. The van der Waals surface area contributed by atoms with Gasteiger partial charge < -0.3 is 20.3 Å². The molecule has 0 fully saturated rings. The Morgan fingerprint density at radius 1 is 1.12 bits per heavy atom. The molecule has 7 nitrogen and oxygen atoms in total. The van der Waals surface area contributed by atoms with Crippen LogP contribution in [0.3, 0.4) is 0 Å². The van der Waals surface area contributed by atoms with Crippen LogP contribution in [-0.2, 0) is 4.79 Å². The molecule has 1 atom stereocenters. The van der Waals surface area contributed by atoms with Gasteiger partial charge in [0.05, 0.1) is 11.8 Å². The van der Waals surface area contributed by atoms with Gasteiger partial charge in [0.15, 0.2) is 4.34 Å². The van der Waals surface area contributed by atoms with Gasteiger partial charge in [-0.3, -0.25) is 4.79 Å². The normalized spacial score (nSPS) is 12.4. The highest BCUT2D eigenvalue weighted by Crippen LogP contribution is 2.29. The van der Waals surface area contributed by atoms with Crippen molar-refractivity contribution in [3.05, 3.63) is 60.2 Å². The maximum absolute atomic E-state index is 12.3. The van der Waals surface area contributed by atoms with Gasteiger partial charge in [0.1, 0.15) is 5.75 Å². The molecule has 2 N–H and O–H groups in total. The fourth-order valence-corrected chi connectivity index (χ4v) is 4.45. The van der Waals surface area contributed by atoms with E-state index in [0.29, 0.717) is 21.7 Å². The molecule has 1 aromatic heterocycles. The summed E-state index contributed by atoms with van der Waals surface area (Å²) in [6.07, 6.45) is -4.73. The molecule has 0 aliphatic rings. The first kappa shape index (κ1) is 24.8. The molecular formula is C21H22F3N5O2S2. The molecular weight excluding hydrogens is 475 g/mol. The molecule has 0 bridgehead atoms. The van der Waals surface area contributed by atoms with E-state index in [2.05, 4.69) is 25.6 Å². The number of aromatic nitrogens is 2. The van der Waals surface area contributed by atoms with E-state index in [1.54, 1.807) is 0 Å². The van der Waals surface area contributed by atoms with Gasteiger partial charge in [0, 0.05) is 12.2 Å². The summed E-state index contributed by atoms with van der Waals surface area (Å²) in [5.74, 6) is -0.239. The number of hydrogen-bond donors (Lipinski definition) is 2. The van der Waals surface area contributed by atoms with Crippen LogP contribution < -0.4 is 15.4 Å². The van der Waals surface area contributed by atoms with Crippen LogP contribution in [0.2, 0.25) is 0 Å². The monoisotopic (exact) mass is 497 g/mol. The molecule has 0 aliphatic heterocycles. The minimum Gasteiger partial charge on any atom is -0.406 e. The maximum atomic E-state index is 12.3. The Labute approximate surface area is 197 Å². The van der Waals surface area contributed by atoms with Crippen LogP contribution in [0.5, 0.6) is 5.75 Å². The highest BCUT2D eigenvalue weighted by atomic mass is 32.2. The summed E-state index contributed by atoms with van der Waals surface area (Å²) in [6.45, 7) is 0.480. The van der Waals surface area contributed by atoms with Gasteiger partial charge in [-0.05, 0) is 43.9 Å². The SMILES string of the molecule is CN(C)C(CNC(=O)CSc1nnc(Nc2ccc(OC(F)(F)F)cc2)s1)c1ccccc1. The van der Waals surface area contributed by atoms with E-state index in [1.807, 2.05) is 49.3 Å². The molecule has 2 aromatic carbocycles. The van der Waals surface area contributed by atoms with E-state index in [-0.39, 0.29) is 23.5 Å². The Balaban J connectivity index is 1.46. The minimum atomic E-state index is -4.73. The maximum Gasteiger partial charge on any atom is 0.573 e. The molecule has 0 saturated heterocycles. The van der Waals surface area contributed by atoms with Gasteiger partial charge in [0.25, 0.3) is 0 Å². The first-order valence-corrected chi connectivity index (χ1v) is 11.6. The molecule has 0 radical (unpaired) electrons. The number of halogens is 3. The van der Waals surface area contributed by atoms with Crippen LogP contribution in [0.1, 0.15) is 11.6 Å². The number of nitrogens with one attached hydrogen (secondary N) is 2. The molecule has 33 heavy (non-hydrogen) atoms. The topological polar surface area (TPSA) is 79.4 Å². The molecule has 3 aromatic rings. The van der Waals surface area contributed by atoms with Crippen LogP contribution in [0.15, 0.2) is 58.9 Å². The summed E-state index contributed by atoms with van der Waals surface area (Å²) in [5, 5.41) is 14.4. The van der Waals surface area contributed by atoms with Crippen molar-refractivity contribution >= 4 is 39.8 Å². The number of carbonyl (C=O) groups is 1. The van der Waals surface area contributed by atoms with Crippen molar-refractivity contribution in [2.45, 2.75) is 16.7 Å². The smallest absolute Gasteiger partial charge is 0.406 e. The Morgan fingerprint density at radius 3 is 2.45 bits per heavy atom. The van der Waals surface area contributed by atoms with Crippen LogP contribution >= 0.6 is 23.1 Å². The summed E-state index contributed by atoms with van der Waals surface area (Å²) in [5.41, 5.74) is 1.65. The second-order valence-electron chi connectivity index (χ2n) is 7.05. The van der Waals surface area contributed by atoms with Gasteiger partial charge in [-0.25, -0.2) is 0 Å². The van der Waals surface area contributed by atoms with Crippen molar-refractivity contribution in [3.8, 4) is 5.75 Å². The number of rotatable bonds is 10. The first-order chi connectivity index (χ1) is 15.7. The van der Waals surface area contributed by atoms with Gasteiger partial charge >= 0.3 is 6.36 Å². The number of carbonyl (C=O) groups excluding carboxylic acids is 1. The second kappa shape index (κ2) is 11.3. The lowest BCUT2D eigenvalue weighted by Crippen LogP contribution is -2.35. The third-order valence-corrected chi connectivity index (χ3v) is 6.34. The van der Waals surface area contributed by atoms with Crippen molar-refractivity contribution in [2.24, 2.45) is 0 Å². The van der Waals surface area contributed by atoms with Gasteiger partial charge in [-0.1, -0.05) is 53.4 Å². The zero-order valence-corrected chi connectivity index (χ0v) is 19.4. The predicted octanol–water partition coefficient (Wildman–Crippen LogP) is 4.69. The van der Waals surface area contributed by atoms with Gasteiger partial charge in [0.2, 0.25) is 11.0 Å². The fraction of sp³-hybridized carbons (Fsp3) is 0.286. The highest BCUT2D eigenvalue weighted by molar-refractivity contribution is 8.01. The lowest BCUT2D eigenvalue weighted by molar-refractivity contribution is -0.274. The van der Waals surface area contributed by atoms with Crippen molar-refractivity contribution in [1.82, 2.24) is 20.4 Å². The lowest BCUT2D eigenvalue weighted by Gasteiger charge is -2.25. The summed E-state index contributed by atoms with van der Waals surface area (Å²) in [4.78, 5) is 14.4. The van der Waals surface area contributed by atoms with E-state index in [0.717, 1.165) is 5.56 Å². The molecule has 12 heteroatoms. The van der Waals surface area contributed by atoms with E-state index in [4.69, 9.17) is 0 Å². The molecule has 0 aliphatic carbocycles. The third kappa shape index (κ3) is 8.22. The molecule has 1 unspecified atom stereocenters. The molecule has 1 heterocycles. The zero-order chi connectivity index (χ0) is 23.8. The van der Waals surface area contributed by atoms with Crippen LogP contribution in [0, 0.1) is 0 Å². The average Bonchev–Trinajstić information content (AvgIpc) is 3.20. The summed E-state index contributed by atoms with van der Waals surface area (Å²) < 4.78 is 41.1. The Kier molecular flexibility index (Phi) is 8.53. The van der Waals surface area contributed by atoms with Crippen LogP contribution in [0.25, 0.3) is 0 Å². The highest BCUT2D eigenvalue weighted by Gasteiger charge is 2.31. The number of nitrogens with zero attached hydrogens (tertiary/aromatic N) is 3. The fourth-order valence-electron chi connectivity index (χ4n) is 2.84. The molecule has 3 rings (SSSR count). The largest absolute Gasteiger partial charge is 0.573 e. The zero-order valence-electron chi connectivity index (χ0n) is 17.8. The second-order valence-corrected chi connectivity index (χ2v) is 9.25.